The molecule has 0 radical (unpaired) electrons. The van der Waals surface area contributed by atoms with Gasteiger partial charge in [0, 0.05) is 25.0 Å². The van der Waals surface area contributed by atoms with Crippen LogP contribution in [0.2, 0.25) is 0 Å². The molecule has 0 saturated carbocycles. The minimum Gasteiger partial charge on any atom is -0.354 e. The Labute approximate surface area is 101 Å². The number of nitrogens with one attached hydrogen (secondary N) is 2. The van der Waals surface area contributed by atoms with E-state index < -0.39 is 0 Å². The lowest BCUT2D eigenvalue weighted by Crippen LogP contribution is -2.38. The highest BCUT2D eigenvalue weighted by Crippen LogP contribution is 2.11. The topological polar surface area (TPSA) is 41.1 Å². The number of carbonyl (C=O) groups is 1. The fourth-order valence-electron chi connectivity index (χ4n) is 1.16. The molecule has 4 heteroatoms. The van der Waals surface area contributed by atoms with Crippen LogP contribution in [0.5, 0.6) is 0 Å². The monoisotopic (exact) mass is 240 g/mol. The highest BCUT2D eigenvalue weighted by atomic mass is 32.1. The molecule has 1 rings (SSSR count). The van der Waals surface area contributed by atoms with E-state index in [4.69, 9.17) is 0 Å². The molecule has 0 fully saturated rings. The van der Waals surface area contributed by atoms with E-state index >= 15 is 0 Å². The van der Waals surface area contributed by atoms with E-state index in [9.17, 15) is 4.79 Å². The summed E-state index contributed by atoms with van der Waals surface area (Å²) in [6.45, 7) is 8.11. The van der Waals surface area contributed by atoms with Crippen molar-refractivity contribution in [2.75, 3.05) is 13.1 Å². The first kappa shape index (κ1) is 13.2. The van der Waals surface area contributed by atoms with Crippen molar-refractivity contribution in [3.05, 3.63) is 22.4 Å². The Morgan fingerprint density at radius 3 is 2.69 bits per heavy atom. The van der Waals surface area contributed by atoms with Crippen molar-refractivity contribution in [2.45, 2.75) is 27.3 Å². The second-order valence-electron chi connectivity index (χ2n) is 4.81. The molecule has 1 heterocycles. The summed E-state index contributed by atoms with van der Waals surface area (Å²) in [6.07, 6.45) is 0. The zero-order valence-electron chi connectivity index (χ0n) is 10.2. The van der Waals surface area contributed by atoms with Crippen LogP contribution in [0.15, 0.2) is 16.8 Å². The molecule has 1 aromatic heterocycles. The Kier molecular flexibility index (Phi) is 4.96. The molecule has 0 bridgehead atoms. The molecular weight excluding hydrogens is 220 g/mol. The molecule has 0 unspecified atom stereocenters. The number of hydrogen-bond acceptors (Lipinski definition) is 3. The first-order chi connectivity index (χ1) is 7.50. The summed E-state index contributed by atoms with van der Waals surface area (Å²) in [5.41, 5.74) is 1.00. The van der Waals surface area contributed by atoms with Crippen molar-refractivity contribution in [3.8, 4) is 0 Å². The van der Waals surface area contributed by atoms with Crippen molar-refractivity contribution in [3.63, 3.8) is 0 Å². The van der Waals surface area contributed by atoms with E-state index in [-0.39, 0.29) is 11.3 Å². The highest BCUT2D eigenvalue weighted by molar-refractivity contribution is 7.07. The number of amides is 1. The summed E-state index contributed by atoms with van der Waals surface area (Å²) >= 11 is 1.70. The van der Waals surface area contributed by atoms with Gasteiger partial charge in [-0.25, -0.2) is 0 Å². The zero-order valence-corrected chi connectivity index (χ0v) is 11.0. The summed E-state index contributed by atoms with van der Waals surface area (Å²) in [5.74, 6) is 0.102. The van der Waals surface area contributed by atoms with E-state index in [2.05, 4.69) is 27.5 Å². The van der Waals surface area contributed by atoms with Crippen molar-refractivity contribution in [1.82, 2.24) is 10.6 Å². The Balaban J connectivity index is 2.06. The lowest BCUT2D eigenvalue weighted by atomic mass is 9.96. The van der Waals surface area contributed by atoms with Gasteiger partial charge >= 0.3 is 0 Å². The van der Waals surface area contributed by atoms with E-state index in [1.807, 2.05) is 20.8 Å². The molecule has 1 amide bonds. The molecule has 2 N–H and O–H groups in total. The quantitative estimate of drug-likeness (QED) is 0.773. The first-order valence-corrected chi connectivity index (χ1v) is 6.44. The number of hydrogen-bond donors (Lipinski definition) is 2. The van der Waals surface area contributed by atoms with Crippen LogP contribution < -0.4 is 10.6 Å². The number of carbonyl (C=O) groups excluding carboxylic acids is 1. The SMILES string of the molecule is CC(C)(C)C(=O)NCCNCc1ccsc1. The molecule has 90 valence electrons. The molecule has 0 aliphatic rings. The molecule has 0 saturated heterocycles. The Morgan fingerprint density at radius 2 is 2.12 bits per heavy atom. The van der Waals surface area contributed by atoms with Crippen LogP contribution in [0.4, 0.5) is 0 Å². The Morgan fingerprint density at radius 1 is 1.38 bits per heavy atom. The van der Waals surface area contributed by atoms with Gasteiger partial charge in [0.1, 0.15) is 0 Å². The van der Waals surface area contributed by atoms with Crippen LogP contribution >= 0.6 is 11.3 Å². The third kappa shape index (κ3) is 4.77. The molecule has 3 nitrogen and oxygen atoms in total. The summed E-state index contributed by atoms with van der Waals surface area (Å²) in [5, 5.41) is 10.4. The Bertz CT molecular complexity index is 314. The van der Waals surface area contributed by atoms with Crippen molar-refractivity contribution in [2.24, 2.45) is 5.41 Å². The molecule has 0 aliphatic heterocycles. The molecule has 0 spiro atoms. The van der Waals surface area contributed by atoms with E-state index in [1.54, 1.807) is 11.3 Å². The minimum atomic E-state index is -0.298. The maximum absolute atomic E-state index is 11.5. The average molecular weight is 240 g/mol. The molecule has 1 aromatic rings. The van der Waals surface area contributed by atoms with Crippen LogP contribution in [0.3, 0.4) is 0 Å². The molecule has 16 heavy (non-hydrogen) atoms. The summed E-state index contributed by atoms with van der Waals surface area (Å²) in [6, 6.07) is 2.10. The summed E-state index contributed by atoms with van der Waals surface area (Å²) in [4.78, 5) is 11.5. The smallest absolute Gasteiger partial charge is 0.225 e. The minimum absolute atomic E-state index is 0.102. The van der Waals surface area contributed by atoms with Crippen molar-refractivity contribution >= 4 is 17.2 Å². The summed E-state index contributed by atoms with van der Waals surface area (Å²) in [7, 11) is 0. The zero-order chi connectivity index (χ0) is 12.0. The predicted octanol–water partition coefficient (Wildman–Crippen LogP) is 2.00. The molecule has 0 atom stereocenters. The lowest BCUT2D eigenvalue weighted by molar-refractivity contribution is -0.128. The maximum Gasteiger partial charge on any atom is 0.225 e. The second-order valence-corrected chi connectivity index (χ2v) is 5.59. The van der Waals surface area contributed by atoms with Crippen LogP contribution in [0.25, 0.3) is 0 Å². The highest BCUT2D eigenvalue weighted by Gasteiger charge is 2.19. The van der Waals surface area contributed by atoms with E-state index in [0.717, 1.165) is 13.1 Å². The Hall–Kier alpha value is -0.870. The van der Waals surface area contributed by atoms with Crippen molar-refractivity contribution < 1.29 is 4.79 Å². The molecule has 0 aromatic carbocycles. The lowest BCUT2D eigenvalue weighted by Gasteiger charge is -2.17. The van der Waals surface area contributed by atoms with Crippen LogP contribution in [0, 0.1) is 5.41 Å². The fraction of sp³-hybridized carbons (Fsp3) is 0.583. The third-order valence-electron chi connectivity index (χ3n) is 2.18. The average Bonchev–Trinajstić information content (AvgIpc) is 2.68. The van der Waals surface area contributed by atoms with Crippen LogP contribution in [-0.2, 0) is 11.3 Å². The summed E-state index contributed by atoms with van der Waals surface area (Å²) < 4.78 is 0. The predicted molar refractivity (Wildman–Crippen MR) is 68.5 cm³/mol. The van der Waals surface area contributed by atoms with Gasteiger partial charge in [-0.15, -0.1) is 0 Å². The number of thiophene rings is 1. The second kappa shape index (κ2) is 6.01. The number of rotatable bonds is 5. The molecular formula is C12H20N2OS. The standard InChI is InChI=1S/C12H20N2OS/c1-12(2,3)11(15)14-6-5-13-8-10-4-7-16-9-10/h4,7,9,13H,5-6,8H2,1-3H3,(H,14,15). The van der Waals surface area contributed by atoms with Crippen LogP contribution in [-0.4, -0.2) is 19.0 Å². The van der Waals surface area contributed by atoms with Gasteiger partial charge in [0.15, 0.2) is 0 Å². The van der Waals surface area contributed by atoms with Gasteiger partial charge in [-0.1, -0.05) is 20.8 Å². The normalized spacial score (nSPS) is 11.4. The van der Waals surface area contributed by atoms with Gasteiger partial charge in [-0.3, -0.25) is 4.79 Å². The molecule has 0 aliphatic carbocycles. The maximum atomic E-state index is 11.5. The first-order valence-electron chi connectivity index (χ1n) is 5.50. The van der Waals surface area contributed by atoms with Gasteiger partial charge in [0.2, 0.25) is 5.91 Å². The van der Waals surface area contributed by atoms with Gasteiger partial charge in [0.05, 0.1) is 0 Å². The third-order valence-corrected chi connectivity index (χ3v) is 2.91. The van der Waals surface area contributed by atoms with Crippen molar-refractivity contribution in [1.29, 1.82) is 0 Å². The van der Waals surface area contributed by atoms with E-state index in [0.29, 0.717) is 6.54 Å². The van der Waals surface area contributed by atoms with Crippen LogP contribution in [0.1, 0.15) is 26.3 Å². The largest absolute Gasteiger partial charge is 0.354 e. The van der Waals surface area contributed by atoms with Gasteiger partial charge in [-0.05, 0) is 22.4 Å². The van der Waals surface area contributed by atoms with E-state index in [1.165, 1.54) is 5.56 Å². The van der Waals surface area contributed by atoms with Gasteiger partial charge in [-0.2, -0.15) is 11.3 Å². The fourth-order valence-corrected chi connectivity index (χ4v) is 1.82. The van der Waals surface area contributed by atoms with Gasteiger partial charge < -0.3 is 10.6 Å². The van der Waals surface area contributed by atoms with Gasteiger partial charge in [0.25, 0.3) is 0 Å².